The van der Waals surface area contributed by atoms with Crippen LogP contribution in [0.15, 0.2) is 0 Å². The number of aliphatic hydroxyl groups is 1. The largest absolute Gasteiger partial charge is 0.461 e. The molecule has 0 amide bonds. The van der Waals surface area contributed by atoms with E-state index in [9.17, 15) is 9.90 Å². The lowest BCUT2D eigenvalue weighted by Crippen LogP contribution is -2.61. The first kappa shape index (κ1) is 26.5. The molecule has 6 rings (SSSR count). The fourth-order valence-electron chi connectivity index (χ4n) is 10.6. The van der Waals surface area contributed by atoms with Crippen LogP contribution in [0.5, 0.6) is 0 Å². The van der Waals surface area contributed by atoms with Gasteiger partial charge in [-0.25, -0.2) is 0 Å². The topological polar surface area (TPSA) is 62.2 Å². The Morgan fingerprint density at radius 1 is 0.865 bits per heavy atom. The van der Waals surface area contributed by atoms with E-state index >= 15 is 0 Å². The maximum Gasteiger partial charge on any atom is 0.302 e. The Kier molecular flexibility index (Phi) is 7.44. The number of ether oxygens (including phenoxy) is 2. The zero-order valence-electron chi connectivity index (χ0n) is 23.7. The molecule has 2 heterocycles. The Morgan fingerprint density at radius 3 is 2.27 bits per heavy atom. The van der Waals surface area contributed by atoms with Crippen molar-refractivity contribution < 1.29 is 19.4 Å². The van der Waals surface area contributed by atoms with Gasteiger partial charge in [-0.15, -0.1) is 0 Å². The average Bonchev–Trinajstić information content (AvgIpc) is 3.04. The molecule has 0 aromatic rings. The van der Waals surface area contributed by atoms with Gasteiger partial charge in [0.1, 0.15) is 6.10 Å². The monoisotopic (exact) mass is 516 g/mol. The summed E-state index contributed by atoms with van der Waals surface area (Å²) in [6.45, 7) is 12.4. The summed E-state index contributed by atoms with van der Waals surface area (Å²) >= 11 is 0. The second-order valence-corrected chi connectivity index (χ2v) is 14.2. The van der Waals surface area contributed by atoms with Crippen molar-refractivity contribution in [3.63, 3.8) is 0 Å². The van der Waals surface area contributed by atoms with Crippen LogP contribution >= 0.6 is 0 Å². The van der Waals surface area contributed by atoms with Gasteiger partial charge in [0, 0.05) is 32.1 Å². The van der Waals surface area contributed by atoms with Gasteiger partial charge in [0.2, 0.25) is 0 Å². The molecule has 2 aliphatic heterocycles. The first-order valence-electron chi connectivity index (χ1n) is 15.7. The molecule has 5 unspecified atom stereocenters. The number of carbonyl (C=O) groups is 1. The lowest BCUT2D eigenvalue weighted by molar-refractivity contribution is -0.178. The summed E-state index contributed by atoms with van der Waals surface area (Å²) in [7, 11) is 0. The van der Waals surface area contributed by atoms with Crippen molar-refractivity contribution in [2.24, 2.45) is 34.5 Å². The summed E-state index contributed by atoms with van der Waals surface area (Å²) in [6, 6.07) is 0.665. The van der Waals surface area contributed by atoms with Crippen molar-refractivity contribution in [2.75, 3.05) is 39.4 Å². The van der Waals surface area contributed by atoms with Crippen molar-refractivity contribution in [3.8, 4) is 0 Å². The van der Waals surface area contributed by atoms with E-state index in [4.69, 9.17) is 9.47 Å². The lowest BCUT2D eigenvalue weighted by atomic mass is 9.44. The predicted octanol–water partition coefficient (Wildman–Crippen LogP) is 4.49. The van der Waals surface area contributed by atoms with E-state index in [0.29, 0.717) is 23.9 Å². The Hall–Kier alpha value is -0.690. The molecule has 6 aliphatic rings. The molecular formula is C31H52N2O4. The number of rotatable bonds is 3. The van der Waals surface area contributed by atoms with Crippen LogP contribution in [-0.4, -0.2) is 84.6 Å². The van der Waals surface area contributed by atoms with E-state index in [1.807, 2.05) is 0 Å². The molecule has 4 saturated carbocycles. The van der Waals surface area contributed by atoms with Gasteiger partial charge in [0.05, 0.1) is 19.3 Å². The van der Waals surface area contributed by atoms with Crippen molar-refractivity contribution in [1.29, 1.82) is 0 Å². The summed E-state index contributed by atoms with van der Waals surface area (Å²) in [5, 5.41) is 11.8. The molecule has 0 radical (unpaired) electrons. The van der Waals surface area contributed by atoms with Crippen LogP contribution in [0.3, 0.4) is 0 Å². The molecule has 6 fully saturated rings. The first-order chi connectivity index (χ1) is 17.8. The minimum atomic E-state index is -0.178. The fraction of sp³-hybridized carbons (Fsp3) is 0.968. The van der Waals surface area contributed by atoms with Crippen molar-refractivity contribution in [1.82, 2.24) is 9.80 Å². The Morgan fingerprint density at radius 2 is 1.57 bits per heavy atom. The standard InChI is InChI=1S/C31H52N2O4/c1-21(34)37-28-18-22-8-9-23-24(31(22,3)20-27(28)33-14-16-36-17-15-33)10-11-30(2)25(23)19-26(29(30)35)32-12-6-4-5-7-13-32/h22-29,35H,4-20H2,1-3H3/t22?,23-,24-,25+,26?,27?,28?,29?,30+,31+/m1/s1. The van der Waals surface area contributed by atoms with Crippen molar-refractivity contribution >= 4 is 5.97 Å². The zero-order valence-corrected chi connectivity index (χ0v) is 23.7. The third-order valence-electron chi connectivity index (χ3n) is 12.6. The fourth-order valence-corrected chi connectivity index (χ4v) is 10.6. The summed E-state index contributed by atoms with van der Waals surface area (Å²) in [5.41, 5.74) is 0.357. The third kappa shape index (κ3) is 4.60. The van der Waals surface area contributed by atoms with Crippen LogP contribution < -0.4 is 0 Å². The van der Waals surface area contributed by atoms with E-state index in [-0.39, 0.29) is 29.0 Å². The maximum atomic E-state index is 12.1. The number of morpholine rings is 1. The Bertz CT molecular complexity index is 824. The van der Waals surface area contributed by atoms with E-state index in [1.165, 1.54) is 70.9 Å². The number of likely N-dealkylation sites (tertiary alicyclic amines) is 1. The molecule has 1 N–H and O–H groups in total. The number of nitrogens with zero attached hydrogens (tertiary/aromatic N) is 2. The SMILES string of the molecule is CC(=O)OC1CC2CC[C@@H]3[C@@H](CC[C@]4(C)C(O)C(N5CCCCCC5)C[C@@H]34)[C@@]2(C)CC1N1CCOCC1. The van der Waals surface area contributed by atoms with Gasteiger partial charge in [-0.1, -0.05) is 26.7 Å². The highest BCUT2D eigenvalue weighted by atomic mass is 16.5. The van der Waals surface area contributed by atoms with Crippen LogP contribution in [0.2, 0.25) is 0 Å². The molecule has 0 spiro atoms. The van der Waals surface area contributed by atoms with Gasteiger partial charge in [0.25, 0.3) is 0 Å². The smallest absolute Gasteiger partial charge is 0.302 e. The van der Waals surface area contributed by atoms with Crippen molar-refractivity contribution in [2.45, 2.75) is 116 Å². The number of fused-ring (bicyclic) bond motifs is 5. The summed E-state index contributed by atoms with van der Waals surface area (Å²) in [4.78, 5) is 17.3. The van der Waals surface area contributed by atoms with E-state index in [1.54, 1.807) is 6.92 Å². The van der Waals surface area contributed by atoms with Gasteiger partial charge >= 0.3 is 5.97 Å². The number of esters is 1. The molecule has 10 atom stereocenters. The van der Waals surface area contributed by atoms with Crippen LogP contribution in [0.4, 0.5) is 0 Å². The van der Waals surface area contributed by atoms with Gasteiger partial charge in [0.15, 0.2) is 0 Å². The molecule has 0 aromatic carbocycles. The molecule has 4 aliphatic carbocycles. The number of hydrogen-bond donors (Lipinski definition) is 1. The van der Waals surface area contributed by atoms with Gasteiger partial charge in [-0.3, -0.25) is 14.6 Å². The second kappa shape index (κ2) is 10.4. The van der Waals surface area contributed by atoms with Crippen LogP contribution in [0.1, 0.15) is 91.4 Å². The summed E-state index contributed by atoms with van der Waals surface area (Å²) in [5.74, 6) is 2.59. The molecule has 6 heteroatoms. The number of carbonyl (C=O) groups excluding carboxylic acids is 1. The summed E-state index contributed by atoms with van der Waals surface area (Å²) < 4.78 is 11.7. The summed E-state index contributed by atoms with van der Waals surface area (Å²) in [6.07, 6.45) is 13.4. The van der Waals surface area contributed by atoms with Crippen LogP contribution in [-0.2, 0) is 14.3 Å². The van der Waals surface area contributed by atoms with Crippen LogP contribution in [0.25, 0.3) is 0 Å². The minimum absolute atomic E-state index is 0.0137. The Balaban J connectivity index is 1.24. The van der Waals surface area contributed by atoms with E-state index in [2.05, 4.69) is 23.6 Å². The molecule has 2 saturated heterocycles. The molecule has 210 valence electrons. The quantitative estimate of drug-likeness (QED) is 0.558. The predicted molar refractivity (Wildman–Crippen MR) is 144 cm³/mol. The van der Waals surface area contributed by atoms with E-state index in [0.717, 1.165) is 51.0 Å². The molecular weight excluding hydrogens is 464 g/mol. The zero-order chi connectivity index (χ0) is 25.8. The van der Waals surface area contributed by atoms with Gasteiger partial charge < -0.3 is 14.6 Å². The second-order valence-electron chi connectivity index (χ2n) is 14.2. The van der Waals surface area contributed by atoms with Crippen LogP contribution in [0, 0.1) is 34.5 Å². The maximum absolute atomic E-state index is 12.1. The van der Waals surface area contributed by atoms with Gasteiger partial charge in [-0.2, -0.15) is 0 Å². The highest BCUT2D eigenvalue weighted by Crippen LogP contribution is 2.67. The van der Waals surface area contributed by atoms with Crippen molar-refractivity contribution in [3.05, 3.63) is 0 Å². The normalized spacial score (nSPS) is 49.4. The molecule has 0 bridgehead atoms. The number of hydrogen-bond acceptors (Lipinski definition) is 6. The lowest BCUT2D eigenvalue weighted by Gasteiger charge is -2.62. The molecule has 0 aromatic heterocycles. The highest BCUT2D eigenvalue weighted by molar-refractivity contribution is 5.66. The third-order valence-corrected chi connectivity index (χ3v) is 12.6. The molecule has 37 heavy (non-hydrogen) atoms. The molecule has 6 nitrogen and oxygen atoms in total. The Labute approximate surface area is 224 Å². The van der Waals surface area contributed by atoms with E-state index < -0.39 is 0 Å². The minimum Gasteiger partial charge on any atom is -0.461 e. The van der Waals surface area contributed by atoms with Gasteiger partial charge in [-0.05, 0) is 105 Å². The first-order valence-corrected chi connectivity index (χ1v) is 15.7. The highest BCUT2D eigenvalue weighted by Gasteiger charge is 2.64. The average molecular weight is 517 g/mol. The number of aliphatic hydroxyl groups excluding tert-OH is 1.